The third-order valence-corrected chi connectivity index (χ3v) is 3.42. The Balaban J connectivity index is 1.76. The maximum absolute atomic E-state index is 5.90. The van der Waals surface area contributed by atoms with Crippen molar-refractivity contribution < 1.29 is 4.74 Å². The van der Waals surface area contributed by atoms with Crippen LogP contribution in [-0.4, -0.2) is 15.0 Å². The Morgan fingerprint density at radius 2 is 2.00 bits per heavy atom. The fraction of sp³-hybridized carbons (Fsp3) is 0. The molecule has 0 spiro atoms. The summed E-state index contributed by atoms with van der Waals surface area (Å²) in [6, 6.07) is 11.0. The second-order valence-corrected chi connectivity index (χ2v) is 4.97. The molecule has 6 heteroatoms. The molecule has 3 aromatic rings. The molecule has 111 valence electrons. The molecule has 1 aliphatic rings. The molecule has 0 saturated carbocycles. The molecule has 0 bridgehead atoms. The van der Waals surface area contributed by atoms with E-state index >= 15 is 0 Å². The minimum atomic E-state index is 0.442. The summed E-state index contributed by atoms with van der Waals surface area (Å²) in [5, 5.41) is 4.33. The minimum Gasteiger partial charge on any atom is -0.438 e. The van der Waals surface area contributed by atoms with E-state index in [0.29, 0.717) is 23.1 Å². The quantitative estimate of drug-likeness (QED) is 0.751. The molecule has 1 radical (unpaired) electrons. The van der Waals surface area contributed by atoms with Crippen LogP contribution in [0.1, 0.15) is 11.1 Å². The van der Waals surface area contributed by atoms with Crippen molar-refractivity contribution in [2.45, 2.75) is 0 Å². The van der Waals surface area contributed by atoms with Gasteiger partial charge in [-0.05, 0) is 18.2 Å². The maximum Gasteiger partial charge on any atom is 0.232 e. The first-order valence-corrected chi connectivity index (χ1v) is 7.01. The number of nitrogens with two attached hydrogens (primary N) is 1. The molecule has 4 rings (SSSR count). The predicted molar refractivity (Wildman–Crippen MR) is 86.1 cm³/mol. The normalized spacial score (nSPS) is 12.3. The van der Waals surface area contributed by atoms with E-state index in [4.69, 9.17) is 10.5 Å². The van der Waals surface area contributed by atoms with Gasteiger partial charge in [0, 0.05) is 41.5 Å². The van der Waals surface area contributed by atoms with E-state index in [1.807, 2.05) is 24.3 Å². The first kappa shape index (κ1) is 13.3. The lowest BCUT2D eigenvalue weighted by Gasteiger charge is -2.10. The van der Waals surface area contributed by atoms with Crippen LogP contribution in [0.2, 0.25) is 0 Å². The number of ether oxygens (including phenoxy) is 1. The van der Waals surface area contributed by atoms with Gasteiger partial charge in [0.05, 0.1) is 5.56 Å². The zero-order valence-electron chi connectivity index (χ0n) is 12.0. The van der Waals surface area contributed by atoms with Crippen molar-refractivity contribution >= 4 is 17.1 Å². The lowest BCUT2D eigenvalue weighted by molar-refractivity contribution is 0.460. The molecule has 6 nitrogen and oxygen atoms in total. The predicted octanol–water partition coefficient (Wildman–Crippen LogP) is 2.88. The zero-order valence-corrected chi connectivity index (χ0v) is 12.0. The summed E-state index contributed by atoms with van der Waals surface area (Å²) < 4.78 is 5.90. The zero-order chi connectivity index (χ0) is 15.6. The fourth-order valence-electron chi connectivity index (χ4n) is 2.39. The number of nitrogens with zero attached hydrogens (tertiary/aromatic N) is 4. The Bertz CT molecular complexity index is 892. The minimum absolute atomic E-state index is 0.442. The van der Waals surface area contributed by atoms with Crippen LogP contribution in [0.15, 0.2) is 61.3 Å². The molecule has 2 aromatic heterocycles. The average Bonchev–Trinajstić information content (AvgIpc) is 3.01. The van der Waals surface area contributed by atoms with Crippen LogP contribution >= 0.6 is 0 Å². The Kier molecular flexibility index (Phi) is 3.12. The SMILES string of the molecule is Nc1cccc(Oc2ncnc3c2C(c2cccnc2)=C[N]3)c1. The number of rotatable bonds is 3. The van der Waals surface area contributed by atoms with Gasteiger partial charge < -0.3 is 10.5 Å². The Morgan fingerprint density at radius 1 is 1.04 bits per heavy atom. The Hall–Kier alpha value is -3.41. The van der Waals surface area contributed by atoms with Crippen molar-refractivity contribution in [1.29, 1.82) is 0 Å². The smallest absolute Gasteiger partial charge is 0.232 e. The van der Waals surface area contributed by atoms with Crippen LogP contribution < -0.4 is 15.8 Å². The molecule has 0 unspecified atom stereocenters. The van der Waals surface area contributed by atoms with Crippen LogP contribution in [0.3, 0.4) is 0 Å². The number of benzene rings is 1. The number of hydrogen-bond donors (Lipinski definition) is 1. The average molecular weight is 302 g/mol. The Morgan fingerprint density at radius 3 is 2.83 bits per heavy atom. The highest BCUT2D eigenvalue weighted by Gasteiger charge is 2.24. The van der Waals surface area contributed by atoms with Crippen molar-refractivity contribution in [3.05, 3.63) is 72.4 Å². The van der Waals surface area contributed by atoms with Gasteiger partial charge in [0.1, 0.15) is 12.1 Å². The number of nitrogen functional groups attached to an aromatic ring is 1. The number of anilines is 1. The summed E-state index contributed by atoms with van der Waals surface area (Å²) in [6.07, 6.45) is 6.68. The van der Waals surface area contributed by atoms with Gasteiger partial charge in [-0.2, -0.15) is 0 Å². The van der Waals surface area contributed by atoms with E-state index in [1.165, 1.54) is 6.33 Å². The molecule has 23 heavy (non-hydrogen) atoms. The number of hydrogen-bond acceptors (Lipinski definition) is 5. The van der Waals surface area contributed by atoms with Gasteiger partial charge in [-0.1, -0.05) is 12.1 Å². The maximum atomic E-state index is 5.90. The molecule has 1 aliphatic heterocycles. The topological polar surface area (TPSA) is 88.0 Å². The Labute approximate surface area is 132 Å². The molecule has 2 N–H and O–H groups in total. The van der Waals surface area contributed by atoms with Crippen LogP contribution in [0.25, 0.3) is 5.57 Å². The summed E-state index contributed by atoms with van der Waals surface area (Å²) in [5.74, 6) is 1.64. The first-order chi connectivity index (χ1) is 11.3. The van der Waals surface area contributed by atoms with Gasteiger partial charge in [0.15, 0.2) is 5.82 Å². The van der Waals surface area contributed by atoms with Crippen molar-refractivity contribution in [3.63, 3.8) is 0 Å². The largest absolute Gasteiger partial charge is 0.438 e. The number of fused-ring (bicyclic) bond motifs is 1. The van der Waals surface area contributed by atoms with Crippen LogP contribution in [0.4, 0.5) is 11.5 Å². The lowest BCUT2D eigenvalue weighted by atomic mass is 10.0. The summed E-state index contributed by atoms with van der Waals surface area (Å²) in [5.41, 5.74) is 8.99. The molecule has 1 aromatic carbocycles. The van der Waals surface area contributed by atoms with Gasteiger partial charge in [0.2, 0.25) is 5.88 Å². The van der Waals surface area contributed by atoms with Crippen LogP contribution in [0.5, 0.6) is 11.6 Å². The van der Waals surface area contributed by atoms with Gasteiger partial charge in [-0.3, -0.25) is 4.98 Å². The first-order valence-electron chi connectivity index (χ1n) is 7.01. The summed E-state index contributed by atoms with van der Waals surface area (Å²) in [4.78, 5) is 12.6. The molecule has 0 aliphatic carbocycles. The van der Waals surface area contributed by atoms with Gasteiger partial charge in [-0.25, -0.2) is 15.3 Å². The van der Waals surface area contributed by atoms with Gasteiger partial charge in [0.25, 0.3) is 0 Å². The van der Waals surface area contributed by atoms with E-state index in [0.717, 1.165) is 16.7 Å². The van der Waals surface area contributed by atoms with Crippen LogP contribution in [0, 0.1) is 0 Å². The van der Waals surface area contributed by atoms with E-state index in [2.05, 4.69) is 20.3 Å². The molecule has 0 amide bonds. The molecule has 0 saturated heterocycles. The monoisotopic (exact) mass is 302 g/mol. The summed E-state index contributed by atoms with van der Waals surface area (Å²) in [7, 11) is 0. The highest BCUT2D eigenvalue weighted by Crippen LogP contribution is 2.39. The fourth-order valence-corrected chi connectivity index (χ4v) is 2.39. The van der Waals surface area contributed by atoms with E-state index in [1.54, 1.807) is 30.7 Å². The number of aromatic nitrogens is 3. The van der Waals surface area contributed by atoms with Crippen LogP contribution in [-0.2, 0) is 0 Å². The van der Waals surface area contributed by atoms with E-state index in [9.17, 15) is 0 Å². The standard InChI is InChI=1S/C17H12N5O/c18-12-4-1-5-13(7-12)23-17-15-14(11-3-2-6-19-8-11)9-20-16(15)21-10-22-17/h1-10H,18H2. The van der Waals surface area contributed by atoms with E-state index in [-0.39, 0.29) is 0 Å². The molecular formula is C17H12N5O. The number of pyridine rings is 1. The highest BCUT2D eigenvalue weighted by atomic mass is 16.5. The highest BCUT2D eigenvalue weighted by molar-refractivity contribution is 5.89. The van der Waals surface area contributed by atoms with Gasteiger partial charge in [-0.15, -0.1) is 0 Å². The summed E-state index contributed by atoms with van der Waals surface area (Å²) in [6.45, 7) is 0. The van der Waals surface area contributed by atoms with Crippen molar-refractivity contribution in [1.82, 2.24) is 20.3 Å². The third kappa shape index (κ3) is 2.46. The van der Waals surface area contributed by atoms with Gasteiger partial charge >= 0.3 is 0 Å². The molecular weight excluding hydrogens is 290 g/mol. The second-order valence-electron chi connectivity index (χ2n) is 4.97. The molecule has 0 fully saturated rings. The van der Waals surface area contributed by atoms with Crippen molar-refractivity contribution in [2.24, 2.45) is 0 Å². The van der Waals surface area contributed by atoms with E-state index < -0.39 is 0 Å². The second kappa shape index (κ2) is 5.42. The summed E-state index contributed by atoms with van der Waals surface area (Å²) >= 11 is 0. The molecule has 0 atom stereocenters. The van der Waals surface area contributed by atoms with Crippen molar-refractivity contribution in [3.8, 4) is 11.6 Å². The lowest BCUT2D eigenvalue weighted by Crippen LogP contribution is -1.97. The van der Waals surface area contributed by atoms with Crippen molar-refractivity contribution in [2.75, 3.05) is 5.73 Å². The molecule has 3 heterocycles. The third-order valence-electron chi connectivity index (χ3n) is 3.42.